The van der Waals surface area contributed by atoms with Crippen LogP contribution in [0.1, 0.15) is 46.0 Å². The molecule has 198 valence electrons. The molecular weight excluding hydrogens is 510 g/mol. The molecular formula is C31H29N3O4S. The van der Waals surface area contributed by atoms with Gasteiger partial charge in [0.25, 0.3) is 17.4 Å². The number of carbonyl (C=O) groups excluding carboxylic acids is 2. The van der Waals surface area contributed by atoms with Crippen molar-refractivity contribution in [3.8, 4) is 11.1 Å². The summed E-state index contributed by atoms with van der Waals surface area (Å²) in [5.74, 6) is 0.105. The minimum absolute atomic E-state index is 0.187. The van der Waals surface area contributed by atoms with Gasteiger partial charge in [-0.1, -0.05) is 79.7 Å². The summed E-state index contributed by atoms with van der Waals surface area (Å²) in [5.41, 5.74) is 2.39. The quantitative estimate of drug-likeness (QED) is 0.124. The number of carbonyl (C=O) groups is 2. The number of thioether (sulfide) groups is 1. The van der Waals surface area contributed by atoms with Gasteiger partial charge in [-0.2, -0.15) is 0 Å². The molecule has 1 aromatic heterocycles. The molecule has 0 spiro atoms. The summed E-state index contributed by atoms with van der Waals surface area (Å²) in [4.78, 5) is 54.2. The number of hydrogen-bond donors (Lipinski definition) is 0. The summed E-state index contributed by atoms with van der Waals surface area (Å²) in [5, 5.41) is 0.657. The largest absolute Gasteiger partial charge is 0.332 e. The lowest BCUT2D eigenvalue weighted by Crippen LogP contribution is -2.42. The van der Waals surface area contributed by atoms with E-state index in [4.69, 9.17) is 0 Å². The zero-order valence-electron chi connectivity index (χ0n) is 21.7. The second kappa shape index (κ2) is 11.7. The molecule has 1 aliphatic rings. The number of aromatic nitrogens is 2. The first kappa shape index (κ1) is 26.4. The van der Waals surface area contributed by atoms with Gasteiger partial charge in [-0.3, -0.25) is 28.4 Å². The van der Waals surface area contributed by atoms with Crippen LogP contribution in [-0.2, 0) is 13.1 Å². The van der Waals surface area contributed by atoms with Gasteiger partial charge in [-0.05, 0) is 41.9 Å². The second-order valence-corrected chi connectivity index (χ2v) is 10.6. The van der Waals surface area contributed by atoms with Crippen LogP contribution in [0.3, 0.4) is 0 Å². The fraction of sp³-hybridized carbons (Fsp3) is 0.226. The third-order valence-electron chi connectivity index (χ3n) is 6.80. The van der Waals surface area contributed by atoms with Gasteiger partial charge in [0.2, 0.25) is 0 Å². The summed E-state index contributed by atoms with van der Waals surface area (Å²) in [6, 6.07) is 26.0. The summed E-state index contributed by atoms with van der Waals surface area (Å²) >= 11 is 1.49. The molecule has 0 radical (unpaired) electrons. The molecule has 0 atom stereocenters. The van der Waals surface area contributed by atoms with Crippen molar-refractivity contribution >= 4 is 23.6 Å². The highest BCUT2D eigenvalue weighted by atomic mass is 32.2. The average Bonchev–Trinajstić information content (AvgIpc) is 3.20. The maximum atomic E-state index is 13.8. The maximum absolute atomic E-state index is 13.8. The number of unbranched alkanes of at least 4 members (excludes halogenated alkanes) is 1. The fourth-order valence-electron chi connectivity index (χ4n) is 4.90. The minimum Gasteiger partial charge on any atom is -0.283 e. The molecule has 5 rings (SSSR count). The van der Waals surface area contributed by atoms with Crippen molar-refractivity contribution in [1.82, 2.24) is 14.0 Å². The highest BCUT2D eigenvalue weighted by molar-refractivity contribution is 7.99. The number of benzene rings is 3. The first-order chi connectivity index (χ1) is 19.0. The molecule has 0 saturated carbocycles. The van der Waals surface area contributed by atoms with Crippen LogP contribution in [0.5, 0.6) is 0 Å². The van der Waals surface area contributed by atoms with E-state index in [0.717, 1.165) is 11.1 Å². The van der Waals surface area contributed by atoms with Crippen molar-refractivity contribution < 1.29 is 9.59 Å². The zero-order valence-corrected chi connectivity index (χ0v) is 22.5. The normalized spacial score (nSPS) is 12.7. The van der Waals surface area contributed by atoms with E-state index >= 15 is 0 Å². The molecule has 39 heavy (non-hydrogen) atoms. The first-order valence-electron chi connectivity index (χ1n) is 13.1. The Morgan fingerprint density at radius 1 is 0.667 bits per heavy atom. The van der Waals surface area contributed by atoms with Crippen molar-refractivity contribution in [3.05, 3.63) is 122 Å². The Hall–Kier alpha value is -4.17. The highest BCUT2D eigenvalue weighted by Gasteiger charge is 2.34. The maximum Gasteiger partial charge on any atom is 0.332 e. The third kappa shape index (κ3) is 5.25. The Morgan fingerprint density at radius 3 is 1.85 bits per heavy atom. The molecule has 0 fully saturated rings. The summed E-state index contributed by atoms with van der Waals surface area (Å²) in [6.45, 7) is 2.76. The third-order valence-corrected chi connectivity index (χ3v) is 7.79. The van der Waals surface area contributed by atoms with Gasteiger partial charge in [0.05, 0.1) is 28.3 Å². The molecule has 3 aromatic carbocycles. The molecule has 4 aromatic rings. The smallest absolute Gasteiger partial charge is 0.283 e. The van der Waals surface area contributed by atoms with E-state index in [-0.39, 0.29) is 36.2 Å². The zero-order chi connectivity index (χ0) is 27.4. The van der Waals surface area contributed by atoms with E-state index in [2.05, 4.69) is 0 Å². The Bertz CT molecular complexity index is 1590. The Labute approximate surface area is 230 Å². The van der Waals surface area contributed by atoms with Crippen LogP contribution in [0, 0.1) is 0 Å². The average molecular weight is 540 g/mol. The molecule has 8 heteroatoms. The molecule has 1 aliphatic heterocycles. The number of imide groups is 1. The van der Waals surface area contributed by atoms with Gasteiger partial charge in [0, 0.05) is 13.1 Å². The first-order valence-corrected chi connectivity index (χ1v) is 14.0. The molecule has 2 amide bonds. The van der Waals surface area contributed by atoms with Crippen molar-refractivity contribution in [1.29, 1.82) is 0 Å². The summed E-state index contributed by atoms with van der Waals surface area (Å²) < 4.78 is 2.99. The topological polar surface area (TPSA) is 81.4 Å². The predicted molar refractivity (Wildman–Crippen MR) is 153 cm³/mol. The van der Waals surface area contributed by atoms with Crippen LogP contribution in [-0.4, -0.2) is 38.1 Å². The number of fused-ring (bicyclic) bond motifs is 1. The van der Waals surface area contributed by atoms with Gasteiger partial charge in [-0.15, -0.1) is 11.8 Å². The van der Waals surface area contributed by atoms with Crippen LogP contribution in [0.4, 0.5) is 0 Å². The summed E-state index contributed by atoms with van der Waals surface area (Å²) in [6.07, 6.45) is 0.935. The Morgan fingerprint density at radius 2 is 1.23 bits per heavy atom. The number of hydrogen-bond acceptors (Lipinski definition) is 5. The minimum atomic E-state index is -0.361. The van der Waals surface area contributed by atoms with Crippen LogP contribution in [0.15, 0.2) is 99.5 Å². The Balaban J connectivity index is 1.45. The van der Waals surface area contributed by atoms with Gasteiger partial charge in [0.15, 0.2) is 0 Å². The van der Waals surface area contributed by atoms with E-state index in [1.807, 2.05) is 67.6 Å². The SMILES string of the molecule is CCSc1c(-c2ccccc2)c(=O)n(CCCCN2C(=O)c3ccccc3C2=O)c(=O)n1Cc1ccccc1. The van der Waals surface area contributed by atoms with Gasteiger partial charge in [0.1, 0.15) is 0 Å². The standard InChI is InChI=1S/C31H29N3O4S/c1-2-39-30-26(23-15-7-4-8-16-23)29(37)33(31(38)34(30)21-22-13-5-3-6-14-22)20-12-11-19-32-27(35)24-17-9-10-18-25(24)28(32)36/h3-10,13-18H,2,11-12,19-21H2,1H3. The molecule has 0 bridgehead atoms. The van der Waals surface area contributed by atoms with Gasteiger partial charge in [-0.25, -0.2) is 4.79 Å². The van der Waals surface area contributed by atoms with Crippen molar-refractivity contribution in [3.63, 3.8) is 0 Å². The van der Waals surface area contributed by atoms with Crippen LogP contribution >= 0.6 is 11.8 Å². The predicted octanol–water partition coefficient (Wildman–Crippen LogP) is 4.91. The van der Waals surface area contributed by atoms with Gasteiger partial charge >= 0.3 is 5.69 Å². The molecule has 7 nitrogen and oxygen atoms in total. The van der Waals surface area contributed by atoms with Gasteiger partial charge < -0.3 is 0 Å². The Kier molecular flexibility index (Phi) is 7.93. The molecule has 0 N–H and O–H groups in total. The highest BCUT2D eigenvalue weighted by Crippen LogP contribution is 2.28. The van der Waals surface area contributed by atoms with Crippen LogP contribution in [0.2, 0.25) is 0 Å². The molecule has 2 heterocycles. The van der Waals surface area contributed by atoms with Crippen LogP contribution < -0.4 is 11.2 Å². The molecule has 0 saturated heterocycles. The molecule has 0 aliphatic carbocycles. The van der Waals surface area contributed by atoms with Crippen molar-refractivity contribution in [2.24, 2.45) is 0 Å². The lowest BCUT2D eigenvalue weighted by molar-refractivity contribution is 0.0651. The number of amides is 2. The van der Waals surface area contributed by atoms with E-state index in [1.165, 1.54) is 21.2 Å². The van der Waals surface area contributed by atoms with E-state index < -0.39 is 0 Å². The fourth-order valence-corrected chi connectivity index (χ4v) is 5.83. The van der Waals surface area contributed by atoms with E-state index in [1.54, 1.807) is 28.8 Å². The number of nitrogens with zero attached hydrogens (tertiary/aromatic N) is 3. The van der Waals surface area contributed by atoms with Crippen molar-refractivity contribution in [2.45, 2.75) is 37.9 Å². The van der Waals surface area contributed by atoms with Crippen molar-refractivity contribution in [2.75, 3.05) is 12.3 Å². The second-order valence-electron chi connectivity index (χ2n) is 9.30. The molecule has 0 unspecified atom stereocenters. The van der Waals surface area contributed by atoms with E-state index in [0.29, 0.717) is 46.9 Å². The lowest BCUT2D eigenvalue weighted by atomic mass is 10.1. The number of rotatable bonds is 10. The lowest BCUT2D eigenvalue weighted by Gasteiger charge is -2.19. The van der Waals surface area contributed by atoms with Crippen LogP contribution in [0.25, 0.3) is 11.1 Å². The summed E-state index contributed by atoms with van der Waals surface area (Å²) in [7, 11) is 0. The van der Waals surface area contributed by atoms with E-state index in [9.17, 15) is 19.2 Å². The monoisotopic (exact) mass is 539 g/mol.